The Kier molecular flexibility index (Phi) is 5.69. The van der Waals surface area contributed by atoms with Gasteiger partial charge in [0.1, 0.15) is 11.5 Å². The van der Waals surface area contributed by atoms with Crippen LogP contribution in [0.2, 0.25) is 0 Å². The molecule has 7 heteroatoms. The number of carbonyl (C=O) groups excluding carboxylic acids is 1. The van der Waals surface area contributed by atoms with Gasteiger partial charge in [0.15, 0.2) is 0 Å². The molecule has 1 amide bonds. The first-order chi connectivity index (χ1) is 10.3. The van der Waals surface area contributed by atoms with Crippen LogP contribution in [0.4, 0.5) is 5.82 Å². The van der Waals surface area contributed by atoms with E-state index in [0.717, 1.165) is 25.9 Å². The van der Waals surface area contributed by atoms with Gasteiger partial charge < -0.3 is 10.6 Å². The third kappa shape index (κ3) is 4.87. The van der Waals surface area contributed by atoms with Gasteiger partial charge in [0.2, 0.25) is 0 Å². The van der Waals surface area contributed by atoms with Gasteiger partial charge in [-0.05, 0) is 18.9 Å². The van der Waals surface area contributed by atoms with Crippen LogP contribution in [0.15, 0.2) is 30.9 Å². The molecule has 2 rings (SSSR count). The van der Waals surface area contributed by atoms with Gasteiger partial charge in [-0.25, -0.2) is 4.98 Å². The summed E-state index contributed by atoms with van der Waals surface area (Å²) in [5.41, 5.74) is 0.329. The number of nitrogens with one attached hydrogen (secondary N) is 2. The van der Waals surface area contributed by atoms with Gasteiger partial charge in [-0.1, -0.05) is 6.92 Å². The molecule has 2 heterocycles. The quantitative estimate of drug-likeness (QED) is 0.716. The molecule has 0 bridgehead atoms. The molecule has 21 heavy (non-hydrogen) atoms. The molecule has 0 aliphatic heterocycles. The normalized spacial score (nSPS) is 10.3. The van der Waals surface area contributed by atoms with Crippen molar-refractivity contribution in [3.63, 3.8) is 0 Å². The van der Waals surface area contributed by atoms with E-state index in [2.05, 4.69) is 32.6 Å². The standard InChI is InChI=1S/C14H20N6O/c1-2-5-16-13-11-15-10-12(19-13)14(21)17-6-3-8-20-9-4-7-18-20/h4,7,9-11H,2-3,5-6,8H2,1H3,(H,16,19)(H,17,21). The molecule has 0 saturated carbocycles. The van der Waals surface area contributed by atoms with Crippen molar-refractivity contribution in [1.82, 2.24) is 25.1 Å². The highest BCUT2D eigenvalue weighted by molar-refractivity contribution is 5.92. The van der Waals surface area contributed by atoms with E-state index in [1.165, 1.54) is 6.20 Å². The van der Waals surface area contributed by atoms with Crippen LogP contribution < -0.4 is 10.6 Å². The van der Waals surface area contributed by atoms with Crippen molar-refractivity contribution in [3.8, 4) is 0 Å². The van der Waals surface area contributed by atoms with Crippen molar-refractivity contribution in [1.29, 1.82) is 0 Å². The van der Waals surface area contributed by atoms with Crippen LogP contribution in [-0.4, -0.2) is 38.7 Å². The van der Waals surface area contributed by atoms with E-state index in [0.29, 0.717) is 18.1 Å². The van der Waals surface area contributed by atoms with E-state index in [1.54, 1.807) is 12.4 Å². The third-order valence-electron chi connectivity index (χ3n) is 2.83. The van der Waals surface area contributed by atoms with Crippen LogP contribution in [0.1, 0.15) is 30.3 Å². The molecule has 0 atom stereocenters. The number of carbonyl (C=O) groups is 1. The summed E-state index contributed by atoms with van der Waals surface area (Å²) in [5, 5.41) is 10.0. The Hall–Kier alpha value is -2.44. The number of anilines is 1. The van der Waals surface area contributed by atoms with Gasteiger partial charge in [0, 0.05) is 32.0 Å². The van der Waals surface area contributed by atoms with Gasteiger partial charge in [-0.15, -0.1) is 0 Å². The molecule has 0 aliphatic carbocycles. The Labute approximate surface area is 123 Å². The maximum Gasteiger partial charge on any atom is 0.271 e. The highest BCUT2D eigenvalue weighted by atomic mass is 16.1. The largest absolute Gasteiger partial charge is 0.369 e. The lowest BCUT2D eigenvalue weighted by molar-refractivity contribution is 0.0947. The molecule has 2 N–H and O–H groups in total. The second kappa shape index (κ2) is 7.98. The Morgan fingerprint density at radius 1 is 1.33 bits per heavy atom. The summed E-state index contributed by atoms with van der Waals surface area (Å²) in [4.78, 5) is 20.2. The second-order valence-corrected chi connectivity index (χ2v) is 4.59. The molecule has 2 aromatic rings. The molecule has 0 aromatic carbocycles. The molecular weight excluding hydrogens is 268 g/mol. The van der Waals surface area contributed by atoms with E-state index in [1.807, 2.05) is 16.9 Å². The van der Waals surface area contributed by atoms with E-state index in [9.17, 15) is 4.79 Å². The fourth-order valence-corrected chi connectivity index (χ4v) is 1.78. The summed E-state index contributed by atoms with van der Waals surface area (Å²) in [5.74, 6) is 0.421. The summed E-state index contributed by atoms with van der Waals surface area (Å²) in [6.07, 6.45) is 8.53. The zero-order valence-corrected chi connectivity index (χ0v) is 12.1. The fraction of sp³-hybridized carbons (Fsp3) is 0.429. The van der Waals surface area contributed by atoms with Crippen LogP contribution in [0.3, 0.4) is 0 Å². The topological polar surface area (TPSA) is 84.7 Å². The molecule has 0 spiro atoms. The van der Waals surface area contributed by atoms with Crippen LogP contribution in [0.25, 0.3) is 0 Å². The third-order valence-corrected chi connectivity index (χ3v) is 2.83. The minimum absolute atomic E-state index is 0.205. The maximum atomic E-state index is 12.0. The first-order valence-electron chi connectivity index (χ1n) is 7.11. The summed E-state index contributed by atoms with van der Waals surface area (Å²) in [6.45, 7) is 4.23. The fourth-order valence-electron chi connectivity index (χ4n) is 1.78. The smallest absolute Gasteiger partial charge is 0.271 e. The van der Waals surface area contributed by atoms with Crippen molar-refractivity contribution >= 4 is 11.7 Å². The lowest BCUT2D eigenvalue weighted by Crippen LogP contribution is -2.26. The number of aromatic nitrogens is 4. The second-order valence-electron chi connectivity index (χ2n) is 4.59. The van der Waals surface area contributed by atoms with E-state index in [-0.39, 0.29) is 5.91 Å². The lowest BCUT2D eigenvalue weighted by atomic mass is 10.3. The summed E-state index contributed by atoms with van der Waals surface area (Å²) in [7, 11) is 0. The predicted octanol–water partition coefficient (Wildman–Crippen LogP) is 1.32. The van der Waals surface area contributed by atoms with Crippen molar-refractivity contribution in [3.05, 3.63) is 36.5 Å². The van der Waals surface area contributed by atoms with Gasteiger partial charge >= 0.3 is 0 Å². The van der Waals surface area contributed by atoms with E-state index < -0.39 is 0 Å². The van der Waals surface area contributed by atoms with Crippen LogP contribution >= 0.6 is 0 Å². The van der Waals surface area contributed by atoms with Gasteiger partial charge in [0.05, 0.1) is 12.4 Å². The zero-order chi connectivity index (χ0) is 14.9. The van der Waals surface area contributed by atoms with Gasteiger partial charge in [0.25, 0.3) is 5.91 Å². The van der Waals surface area contributed by atoms with E-state index >= 15 is 0 Å². The van der Waals surface area contributed by atoms with Crippen LogP contribution in [0.5, 0.6) is 0 Å². The minimum atomic E-state index is -0.205. The van der Waals surface area contributed by atoms with Crippen LogP contribution in [-0.2, 0) is 6.54 Å². The van der Waals surface area contributed by atoms with Gasteiger partial charge in [-0.3, -0.25) is 14.5 Å². The van der Waals surface area contributed by atoms with Gasteiger partial charge in [-0.2, -0.15) is 5.10 Å². The van der Waals surface area contributed by atoms with Crippen molar-refractivity contribution in [2.45, 2.75) is 26.3 Å². The first-order valence-corrected chi connectivity index (χ1v) is 7.11. The number of aryl methyl sites for hydroxylation is 1. The van der Waals surface area contributed by atoms with Crippen LogP contribution in [0, 0.1) is 0 Å². The van der Waals surface area contributed by atoms with Crippen molar-refractivity contribution < 1.29 is 4.79 Å². The summed E-state index contributed by atoms with van der Waals surface area (Å²) < 4.78 is 1.83. The molecule has 2 aromatic heterocycles. The Morgan fingerprint density at radius 2 is 2.24 bits per heavy atom. The Bertz CT molecular complexity index is 554. The summed E-state index contributed by atoms with van der Waals surface area (Å²) in [6, 6.07) is 1.88. The molecule has 7 nitrogen and oxygen atoms in total. The molecule has 0 saturated heterocycles. The highest BCUT2D eigenvalue weighted by Gasteiger charge is 2.08. The average molecular weight is 288 g/mol. The minimum Gasteiger partial charge on any atom is -0.369 e. The maximum absolute atomic E-state index is 12.0. The summed E-state index contributed by atoms with van der Waals surface area (Å²) >= 11 is 0. The number of rotatable bonds is 8. The lowest BCUT2D eigenvalue weighted by Gasteiger charge is -2.07. The molecular formula is C14H20N6O. The Morgan fingerprint density at radius 3 is 3.00 bits per heavy atom. The number of nitrogens with zero attached hydrogens (tertiary/aromatic N) is 4. The molecule has 0 unspecified atom stereocenters. The zero-order valence-electron chi connectivity index (χ0n) is 12.1. The van der Waals surface area contributed by atoms with E-state index in [4.69, 9.17) is 0 Å². The van der Waals surface area contributed by atoms with Crippen molar-refractivity contribution in [2.75, 3.05) is 18.4 Å². The molecule has 0 aliphatic rings. The number of amides is 1. The highest BCUT2D eigenvalue weighted by Crippen LogP contribution is 2.02. The predicted molar refractivity (Wildman–Crippen MR) is 80.0 cm³/mol. The Balaban J connectivity index is 1.77. The van der Waals surface area contributed by atoms with Crippen molar-refractivity contribution in [2.24, 2.45) is 0 Å². The average Bonchev–Trinajstić information content (AvgIpc) is 3.03. The number of hydrogen-bond acceptors (Lipinski definition) is 5. The molecule has 112 valence electrons. The number of hydrogen-bond donors (Lipinski definition) is 2. The SMILES string of the molecule is CCCNc1cncc(C(=O)NCCCn2cccn2)n1. The molecule has 0 fully saturated rings. The monoisotopic (exact) mass is 288 g/mol. The first kappa shape index (κ1) is 15.0. The molecule has 0 radical (unpaired) electrons.